The number of carbonyl (C=O) groups is 1. The molecule has 0 bridgehead atoms. The molecule has 0 atom stereocenters. The molecular weight excluding hydrogens is 290 g/mol. The number of nitrogens with one attached hydrogen (secondary N) is 2. The molecule has 2 rings (SSSR count). The fraction of sp³-hybridized carbons (Fsp3) is 0.333. The lowest BCUT2D eigenvalue weighted by Crippen LogP contribution is -2.13. The predicted molar refractivity (Wildman–Crippen MR) is 93.2 cm³/mol. The minimum atomic E-state index is -0.169. The number of hydrogen-bond acceptors (Lipinski definition) is 4. The second-order valence-electron chi connectivity index (χ2n) is 5.25. The van der Waals surface area contributed by atoms with Gasteiger partial charge in [-0.15, -0.1) is 0 Å². The summed E-state index contributed by atoms with van der Waals surface area (Å²) in [6.07, 6.45) is 5.10. The summed E-state index contributed by atoms with van der Waals surface area (Å²) in [5, 5.41) is 6.11. The topological polar surface area (TPSA) is 63.2 Å². The van der Waals surface area contributed by atoms with Crippen LogP contribution < -0.4 is 15.4 Å². The van der Waals surface area contributed by atoms with Crippen LogP contribution in [0, 0.1) is 0 Å². The fourth-order valence-electron chi connectivity index (χ4n) is 2.16. The number of methoxy groups -OCH3 is 1. The number of pyridine rings is 1. The van der Waals surface area contributed by atoms with Crippen LogP contribution in [0.25, 0.3) is 0 Å². The van der Waals surface area contributed by atoms with Crippen LogP contribution in [0.5, 0.6) is 5.75 Å². The number of anilines is 2. The van der Waals surface area contributed by atoms with E-state index >= 15 is 0 Å². The maximum absolute atomic E-state index is 12.3. The summed E-state index contributed by atoms with van der Waals surface area (Å²) in [6.45, 7) is 3.03. The summed E-state index contributed by atoms with van der Waals surface area (Å²) < 4.78 is 5.15. The van der Waals surface area contributed by atoms with Crippen molar-refractivity contribution in [1.82, 2.24) is 4.98 Å². The van der Waals surface area contributed by atoms with E-state index in [1.807, 2.05) is 18.2 Å². The molecule has 0 aliphatic rings. The number of unbranched alkanes of at least 4 members (excludes halogenated alkanes) is 2. The maximum atomic E-state index is 12.3. The second kappa shape index (κ2) is 8.78. The number of aromatic nitrogens is 1. The molecule has 0 radical (unpaired) electrons. The molecule has 0 saturated carbocycles. The molecule has 0 spiro atoms. The number of hydrogen-bond donors (Lipinski definition) is 2. The van der Waals surface area contributed by atoms with Crippen molar-refractivity contribution < 1.29 is 9.53 Å². The Kier molecular flexibility index (Phi) is 6.41. The van der Waals surface area contributed by atoms with E-state index in [2.05, 4.69) is 22.5 Å². The molecule has 5 heteroatoms. The molecule has 0 fully saturated rings. The Morgan fingerprint density at radius 1 is 1.22 bits per heavy atom. The van der Waals surface area contributed by atoms with E-state index in [-0.39, 0.29) is 5.91 Å². The van der Waals surface area contributed by atoms with Crippen molar-refractivity contribution in [3.05, 3.63) is 48.2 Å². The van der Waals surface area contributed by atoms with Crippen LogP contribution in [0.15, 0.2) is 42.6 Å². The van der Waals surface area contributed by atoms with Crippen molar-refractivity contribution in [3.63, 3.8) is 0 Å². The molecule has 1 amide bonds. The van der Waals surface area contributed by atoms with Crippen molar-refractivity contribution in [2.45, 2.75) is 26.2 Å². The minimum Gasteiger partial charge on any atom is -0.497 e. The molecule has 0 unspecified atom stereocenters. The Bertz CT molecular complexity index is 644. The van der Waals surface area contributed by atoms with Gasteiger partial charge in [0.25, 0.3) is 5.91 Å². The molecule has 2 aromatic rings. The third-order valence-electron chi connectivity index (χ3n) is 3.44. The van der Waals surface area contributed by atoms with Gasteiger partial charge in [-0.2, -0.15) is 0 Å². The third-order valence-corrected chi connectivity index (χ3v) is 3.44. The Morgan fingerprint density at radius 2 is 2.09 bits per heavy atom. The Balaban J connectivity index is 1.98. The lowest BCUT2D eigenvalue weighted by molar-refractivity contribution is 0.102. The van der Waals surface area contributed by atoms with Crippen molar-refractivity contribution in [2.24, 2.45) is 0 Å². The zero-order valence-electron chi connectivity index (χ0n) is 13.6. The number of ether oxygens (including phenoxy) is 1. The van der Waals surface area contributed by atoms with Gasteiger partial charge in [0.15, 0.2) is 0 Å². The van der Waals surface area contributed by atoms with Gasteiger partial charge < -0.3 is 15.4 Å². The standard InChI is InChI=1S/C18H23N3O2/c1-3-4-5-10-19-17-12-14(9-11-20-17)18(22)21-15-7-6-8-16(13-15)23-2/h6-9,11-13H,3-5,10H2,1-2H3,(H,19,20)(H,21,22). The smallest absolute Gasteiger partial charge is 0.255 e. The summed E-state index contributed by atoms with van der Waals surface area (Å²) in [4.78, 5) is 16.6. The Hall–Kier alpha value is -2.56. The number of carbonyl (C=O) groups excluding carboxylic acids is 1. The average molecular weight is 313 g/mol. The highest BCUT2D eigenvalue weighted by molar-refractivity contribution is 6.04. The fourth-order valence-corrected chi connectivity index (χ4v) is 2.16. The van der Waals surface area contributed by atoms with Crippen molar-refractivity contribution in [1.29, 1.82) is 0 Å². The largest absolute Gasteiger partial charge is 0.497 e. The van der Waals surface area contributed by atoms with E-state index < -0.39 is 0 Å². The molecular formula is C18H23N3O2. The lowest BCUT2D eigenvalue weighted by Gasteiger charge is -2.09. The van der Waals surface area contributed by atoms with Gasteiger partial charge >= 0.3 is 0 Å². The van der Waals surface area contributed by atoms with Crippen LogP contribution >= 0.6 is 0 Å². The van der Waals surface area contributed by atoms with Crippen LogP contribution in [-0.2, 0) is 0 Å². The highest BCUT2D eigenvalue weighted by Crippen LogP contribution is 2.18. The first-order valence-corrected chi connectivity index (χ1v) is 7.88. The van der Waals surface area contributed by atoms with Crippen molar-refractivity contribution in [2.75, 3.05) is 24.3 Å². The normalized spacial score (nSPS) is 10.2. The Morgan fingerprint density at radius 3 is 2.87 bits per heavy atom. The molecule has 23 heavy (non-hydrogen) atoms. The molecule has 0 saturated heterocycles. The molecule has 5 nitrogen and oxygen atoms in total. The maximum Gasteiger partial charge on any atom is 0.255 e. The molecule has 0 aliphatic carbocycles. The molecule has 1 heterocycles. The van der Waals surface area contributed by atoms with E-state index in [4.69, 9.17) is 4.74 Å². The summed E-state index contributed by atoms with van der Waals surface area (Å²) >= 11 is 0. The first kappa shape index (κ1) is 16.8. The van der Waals surface area contributed by atoms with Gasteiger partial charge in [0, 0.05) is 30.1 Å². The molecule has 1 aromatic carbocycles. The van der Waals surface area contributed by atoms with Gasteiger partial charge in [-0.1, -0.05) is 25.8 Å². The highest BCUT2D eigenvalue weighted by Gasteiger charge is 2.08. The van der Waals surface area contributed by atoms with Crippen LogP contribution in [0.3, 0.4) is 0 Å². The van der Waals surface area contributed by atoms with Crippen LogP contribution in [0.1, 0.15) is 36.5 Å². The molecule has 122 valence electrons. The third kappa shape index (κ3) is 5.29. The first-order valence-electron chi connectivity index (χ1n) is 7.88. The molecule has 2 N–H and O–H groups in total. The number of rotatable bonds is 8. The van der Waals surface area contributed by atoms with E-state index in [0.29, 0.717) is 17.0 Å². The minimum absolute atomic E-state index is 0.169. The van der Waals surface area contributed by atoms with Crippen LogP contribution in [0.4, 0.5) is 11.5 Å². The summed E-state index contributed by atoms with van der Waals surface area (Å²) in [6, 6.07) is 10.7. The number of benzene rings is 1. The zero-order valence-corrected chi connectivity index (χ0v) is 13.6. The molecule has 1 aromatic heterocycles. The average Bonchev–Trinajstić information content (AvgIpc) is 2.59. The van der Waals surface area contributed by atoms with Crippen molar-refractivity contribution in [3.8, 4) is 5.75 Å². The van der Waals surface area contributed by atoms with E-state index in [9.17, 15) is 4.79 Å². The van der Waals surface area contributed by atoms with Gasteiger partial charge in [-0.3, -0.25) is 4.79 Å². The van der Waals surface area contributed by atoms with Crippen LogP contribution in [-0.4, -0.2) is 24.5 Å². The first-order chi connectivity index (χ1) is 11.2. The van der Waals surface area contributed by atoms with Gasteiger partial charge in [-0.25, -0.2) is 4.98 Å². The van der Waals surface area contributed by atoms with Gasteiger partial charge in [0.05, 0.1) is 7.11 Å². The zero-order chi connectivity index (χ0) is 16.5. The van der Waals surface area contributed by atoms with E-state index in [0.717, 1.165) is 18.8 Å². The predicted octanol–water partition coefficient (Wildman–Crippen LogP) is 3.94. The Labute approximate surface area is 137 Å². The monoisotopic (exact) mass is 313 g/mol. The van der Waals surface area contributed by atoms with Crippen LogP contribution in [0.2, 0.25) is 0 Å². The van der Waals surface area contributed by atoms with Gasteiger partial charge in [0.2, 0.25) is 0 Å². The number of nitrogens with zero attached hydrogens (tertiary/aromatic N) is 1. The van der Waals surface area contributed by atoms with Crippen molar-refractivity contribution >= 4 is 17.4 Å². The number of amides is 1. The van der Waals surface area contributed by atoms with E-state index in [1.54, 1.807) is 31.5 Å². The van der Waals surface area contributed by atoms with E-state index in [1.165, 1.54) is 12.8 Å². The summed E-state index contributed by atoms with van der Waals surface area (Å²) in [5.41, 5.74) is 1.27. The SMILES string of the molecule is CCCCCNc1cc(C(=O)Nc2cccc(OC)c2)ccn1. The second-order valence-corrected chi connectivity index (χ2v) is 5.25. The van der Waals surface area contributed by atoms with Gasteiger partial charge in [0.1, 0.15) is 11.6 Å². The lowest BCUT2D eigenvalue weighted by atomic mass is 10.2. The quantitative estimate of drug-likeness (QED) is 0.724. The molecule has 0 aliphatic heterocycles. The highest BCUT2D eigenvalue weighted by atomic mass is 16.5. The summed E-state index contributed by atoms with van der Waals surface area (Å²) in [7, 11) is 1.60. The van der Waals surface area contributed by atoms with Gasteiger partial charge in [-0.05, 0) is 30.7 Å². The summed E-state index contributed by atoms with van der Waals surface area (Å²) in [5.74, 6) is 1.26.